The van der Waals surface area contributed by atoms with Gasteiger partial charge in [0.2, 0.25) is 5.92 Å². The van der Waals surface area contributed by atoms with Crippen molar-refractivity contribution in [2.75, 3.05) is 0 Å². The first-order valence-corrected chi connectivity index (χ1v) is 6.34. The van der Waals surface area contributed by atoms with Crippen LogP contribution in [0, 0.1) is 6.92 Å². The summed E-state index contributed by atoms with van der Waals surface area (Å²) in [6.45, 7) is 3.22. The van der Waals surface area contributed by atoms with Gasteiger partial charge in [0.25, 0.3) is 0 Å². The molecular weight excluding hydrogens is 256 g/mol. The molecule has 1 saturated carbocycles. The van der Waals surface area contributed by atoms with Crippen LogP contribution in [-0.4, -0.2) is 31.8 Å². The zero-order chi connectivity index (χ0) is 14.2. The van der Waals surface area contributed by atoms with Gasteiger partial charge in [-0.15, -0.1) is 10.2 Å². The van der Waals surface area contributed by atoms with Gasteiger partial charge < -0.3 is 9.67 Å². The summed E-state index contributed by atoms with van der Waals surface area (Å²) in [5.41, 5.74) is 0. The van der Waals surface area contributed by atoms with Crippen LogP contribution < -0.4 is 0 Å². The number of alkyl halides is 2. The number of carboxylic acids is 1. The van der Waals surface area contributed by atoms with E-state index in [1.54, 1.807) is 13.8 Å². The molecular formula is C12H17F2N3O2. The molecule has 5 nitrogen and oxygen atoms in total. The highest BCUT2D eigenvalue weighted by Gasteiger charge is 2.37. The van der Waals surface area contributed by atoms with Crippen LogP contribution in [0.2, 0.25) is 0 Å². The van der Waals surface area contributed by atoms with Gasteiger partial charge in [-0.1, -0.05) is 0 Å². The molecule has 19 heavy (non-hydrogen) atoms. The lowest BCUT2D eigenvalue weighted by Gasteiger charge is -2.28. The van der Waals surface area contributed by atoms with Crippen LogP contribution in [0.5, 0.6) is 0 Å². The first-order chi connectivity index (χ1) is 8.82. The quantitative estimate of drug-likeness (QED) is 0.918. The van der Waals surface area contributed by atoms with Gasteiger partial charge in [-0.05, 0) is 26.7 Å². The highest BCUT2D eigenvalue weighted by atomic mass is 19.3. The number of nitrogens with zero attached hydrogens (tertiary/aromatic N) is 3. The zero-order valence-corrected chi connectivity index (χ0v) is 10.9. The molecule has 1 aliphatic carbocycles. The third-order valence-electron chi connectivity index (χ3n) is 3.72. The third-order valence-corrected chi connectivity index (χ3v) is 3.72. The Labute approximate surface area is 109 Å². The summed E-state index contributed by atoms with van der Waals surface area (Å²) in [5, 5.41) is 17.0. The molecule has 1 aromatic heterocycles. The lowest BCUT2D eigenvalue weighted by Crippen LogP contribution is -2.27. The van der Waals surface area contributed by atoms with Gasteiger partial charge in [0.15, 0.2) is 0 Å². The summed E-state index contributed by atoms with van der Waals surface area (Å²) in [5.74, 6) is -2.70. The SMILES string of the molecule is Cc1nnc(C2CCC(F)(F)CC2)n1C(C)C(=O)O. The molecule has 0 amide bonds. The molecule has 2 rings (SSSR count). The Morgan fingerprint density at radius 3 is 2.53 bits per heavy atom. The van der Waals surface area contributed by atoms with E-state index in [1.807, 2.05) is 0 Å². The Bertz CT molecular complexity index is 477. The highest BCUT2D eigenvalue weighted by Crippen LogP contribution is 2.40. The van der Waals surface area contributed by atoms with Gasteiger partial charge in [-0.2, -0.15) is 0 Å². The van der Waals surface area contributed by atoms with Gasteiger partial charge in [0, 0.05) is 18.8 Å². The van der Waals surface area contributed by atoms with Crippen LogP contribution >= 0.6 is 0 Å². The van der Waals surface area contributed by atoms with E-state index in [1.165, 1.54) is 4.57 Å². The fourth-order valence-corrected chi connectivity index (χ4v) is 2.55. The van der Waals surface area contributed by atoms with Gasteiger partial charge in [-0.25, -0.2) is 13.6 Å². The molecule has 1 atom stereocenters. The average Bonchev–Trinajstić information content (AvgIpc) is 2.70. The molecule has 7 heteroatoms. The van der Waals surface area contributed by atoms with Crippen LogP contribution in [0.25, 0.3) is 0 Å². The van der Waals surface area contributed by atoms with E-state index in [4.69, 9.17) is 5.11 Å². The molecule has 0 saturated heterocycles. The molecule has 0 aliphatic heterocycles. The predicted molar refractivity (Wildman–Crippen MR) is 63.3 cm³/mol. The summed E-state index contributed by atoms with van der Waals surface area (Å²) in [4.78, 5) is 11.1. The van der Waals surface area contributed by atoms with Crippen molar-refractivity contribution in [1.82, 2.24) is 14.8 Å². The Kier molecular flexibility index (Phi) is 3.56. The number of aliphatic carboxylic acids is 1. The maximum Gasteiger partial charge on any atom is 0.326 e. The van der Waals surface area contributed by atoms with E-state index in [0.717, 1.165) is 0 Å². The number of rotatable bonds is 3. The summed E-state index contributed by atoms with van der Waals surface area (Å²) in [7, 11) is 0. The fourth-order valence-electron chi connectivity index (χ4n) is 2.55. The third kappa shape index (κ3) is 2.74. The molecule has 1 aliphatic rings. The smallest absolute Gasteiger partial charge is 0.326 e. The minimum atomic E-state index is -2.60. The summed E-state index contributed by atoms with van der Waals surface area (Å²) < 4.78 is 27.8. The van der Waals surface area contributed by atoms with Crippen molar-refractivity contribution < 1.29 is 18.7 Å². The molecule has 1 fully saturated rings. The Balaban J connectivity index is 2.24. The van der Waals surface area contributed by atoms with E-state index in [-0.39, 0.29) is 18.8 Å². The van der Waals surface area contributed by atoms with Crippen molar-refractivity contribution in [2.45, 2.75) is 57.4 Å². The molecule has 106 valence electrons. The number of halogens is 2. The number of carboxylic acid groups (broad SMARTS) is 1. The van der Waals surface area contributed by atoms with Gasteiger partial charge in [0.1, 0.15) is 17.7 Å². The first kappa shape index (κ1) is 13.9. The molecule has 0 aromatic carbocycles. The molecule has 1 unspecified atom stereocenters. The second-order valence-corrected chi connectivity index (χ2v) is 5.12. The molecule has 0 radical (unpaired) electrons. The Hall–Kier alpha value is -1.53. The van der Waals surface area contributed by atoms with Crippen molar-refractivity contribution in [3.05, 3.63) is 11.6 Å². The topological polar surface area (TPSA) is 68.0 Å². The maximum atomic E-state index is 13.1. The van der Waals surface area contributed by atoms with Crippen molar-refractivity contribution in [1.29, 1.82) is 0 Å². The molecule has 0 spiro atoms. The second-order valence-electron chi connectivity index (χ2n) is 5.12. The normalized spacial score (nSPS) is 21.3. The van der Waals surface area contributed by atoms with Crippen LogP contribution in [0.4, 0.5) is 8.78 Å². The maximum absolute atomic E-state index is 13.1. The monoisotopic (exact) mass is 273 g/mol. The minimum absolute atomic E-state index is 0.136. The molecule has 1 aromatic rings. The van der Waals surface area contributed by atoms with Crippen LogP contribution in [-0.2, 0) is 4.79 Å². The van der Waals surface area contributed by atoms with Crippen molar-refractivity contribution >= 4 is 5.97 Å². The van der Waals surface area contributed by atoms with Gasteiger partial charge in [-0.3, -0.25) is 0 Å². The number of hydrogen-bond donors (Lipinski definition) is 1. The first-order valence-electron chi connectivity index (χ1n) is 6.34. The van der Waals surface area contributed by atoms with E-state index in [9.17, 15) is 13.6 Å². The van der Waals surface area contributed by atoms with Crippen LogP contribution in [0.15, 0.2) is 0 Å². The second kappa shape index (κ2) is 4.86. The lowest BCUT2D eigenvalue weighted by molar-refractivity contribution is -0.140. The Morgan fingerprint density at radius 1 is 1.42 bits per heavy atom. The minimum Gasteiger partial charge on any atom is -0.480 e. The highest BCUT2D eigenvalue weighted by molar-refractivity contribution is 5.71. The van der Waals surface area contributed by atoms with Crippen LogP contribution in [0.3, 0.4) is 0 Å². The van der Waals surface area contributed by atoms with Gasteiger partial charge in [0.05, 0.1) is 0 Å². The molecule has 1 heterocycles. The lowest BCUT2D eigenvalue weighted by atomic mass is 9.86. The van der Waals surface area contributed by atoms with Crippen molar-refractivity contribution in [3.8, 4) is 0 Å². The zero-order valence-electron chi connectivity index (χ0n) is 10.9. The van der Waals surface area contributed by atoms with Crippen molar-refractivity contribution in [2.24, 2.45) is 0 Å². The van der Waals surface area contributed by atoms with E-state index in [0.29, 0.717) is 24.5 Å². The molecule has 1 N–H and O–H groups in total. The van der Waals surface area contributed by atoms with E-state index < -0.39 is 17.9 Å². The number of aryl methyl sites for hydroxylation is 1. The summed E-state index contributed by atoms with van der Waals surface area (Å²) in [6, 6.07) is -0.785. The van der Waals surface area contributed by atoms with Crippen LogP contribution in [0.1, 0.15) is 56.2 Å². The predicted octanol–water partition coefficient (Wildman–Crippen LogP) is 2.53. The van der Waals surface area contributed by atoms with Gasteiger partial charge >= 0.3 is 5.97 Å². The number of carbonyl (C=O) groups is 1. The van der Waals surface area contributed by atoms with Crippen molar-refractivity contribution in [3.63, 3.8) is 0 Å². The number of aromatic nitrogens is 3. The largest absolute Gasteiger partial charge is 0.480 e. The van der Waals surface area contributed by atoms with E-state index >= 15 is 0 Å². The van der Waals surface area contributed by atoms with E-state index in [2.05, 4.69) is 10.2 Å². The number of hydrogen-bond acceptors (Lipinski definition) is 3. The summed E-state index contributed by atoms with van der Waals surface area (Å²) in [6.07, 6.45) is 0.283. The fraction of sp³-hybridized carbons (Fsp3) is 0.750. The summed E-state index contributed by atoms with van der Waals surface area (Å²) >= 11 is 0. The molecule has 0 bridgehead atoms. The Morgan fingerprint density at radius 2 is 2.00 bits per heavy atom. The average molecular weight is 273 g/mol. The standard InChI is InChI=1S/C12H17F2N3O2/c1-7(11(18)19)17-8(2)15-16-10(17)9-3-5-12(13,14)6-4-9/h7,9H,3-6H2,1-2H3,(H,18,19).